The maximum atomic E-state index is 4.04. The van der Waals surface area contributed by atoms with Crippen molar-refractivity contribution in [1.29, 1.82) is 0 Å². The third-order valence-corrected chi connectivity index (χ3v) is 3.42. The molecule has 0 aromatic heterocycles. The molecular weight excluding hydrogens is 242 g/mol. The van der Waals surface area contributed by atoms with Gasteiger partial charge in [0.05, 0.1) is 0 Å². The zero-order chi connectivity index (χ0) is 13.9. The van der Waals surface area contributed by atoms with Crippen LogP contribution >= 0.6 is 0 Å². The molecule has 0 radical (unpaired) electrons. The van der Waals surface area contributed by atoms with Crippen LogP contribution in [0.3, 0.4) is 0 Å². The first-order valence-corrected chi connectivity index (χ1v) is 6.75. The van der Waals surface area contributed by atoms with Gasteiger partial charge in [-0.25, -0.2) is 0 Å². The smallest absolute Gasteiger partial charge is 0.0460 e. The molecule has 1 heteroatoms. The lowest BCUT2D eigenvalue weighted by molar-refractivity contribution is 1.51. The molecule has 3 rings (SSSR count). The number of hydrogen-bond donors (Lipinski definition) is 1. The fraction of sp³-hybridized carbons (Fsp3) is 0.0526. The molecule has 3 aromatic rings. The average Bonchev–Trinajstić information content (AvgIpc) is 2.47. The van der Waals surface area contributed by atoms with Gasteiger partial charge in [-0.1, -0.05) is 55.1 Å². The summed E-state index contributed by atoms with van der Waals surface area (Å²) in [4.78, 5) is 0. The van der Waals surface area contributed by atoms with Crippen LogP contribution in [-0.4, -0.2) is 0 Å². The Bertz CT molecular complexity index is 771. The lowest BCUT2D eigenvalue weighted by Gasteiger charge is -2.12. The van der Waals surface area contributed by atoms with Crippen LogP contribution in [0.15, 0.2) is 73.3 Å². The number of rotatable bonds is 3. The van der Waals surface area contributed by atoms with E-state index >= 15 is 0 Å². The van der Waals surface area contributed by atoms with Gasteiger partial charge >= 0.3 is 0 Å². The van der Waals surface area contributed by atoms with Crippen molar-refractivity contribution in [1.82, 2.24) is 0 Å². The highest BCUT2D eigenvalue weighted by Crippen LogP contribution is 2.27. The average molecular weight is 259 g/mol. The van der Waals surface area contributed by atoms with E-state index < -0.39 is 0 Å². The summed E-state index contributed by atoms with van der Waals surface area (Å²) < 4.78 is 0. The molecule has 0 fully saturated rings. The van der Waals surface area contributed by atoms with Gasteiger partial charge in [0.25, 0.3) is 0 Å². The van der Waals surface area contributed by atoms with Gasteiger partial charge in [0.1, 0.15) is 0 Å². The molecule has 0 spiro atoms. The van der Waals surface area contributed by atoms with Gasteiger partial charge in [-0.15, -0.1) is 0 Å². The van der Waals surface area contributed by atoms with Crippen LogP contribution in [0.5, 0.6) is 0 Å². The van der Waals surface area contributed by atoms with E-state index in [2.05, 4.69) is 66.5 Å². The molecule has 0 amide bonds. The topological polar surface area (TPSA) is 12.0 Å². The third-order valence-electron chi connectivity index (χ3n) is 3.42. The van der Waals surface area contributed by atoms with E-state index in [-0.39, 0.29) is 0 Å². The first-order valence-electron chi connectivity index (χ1n) is 6.75. The Labute approximate surface area is 119 Å². The van der Waals surface area contributed by atoms with Gasteiger partial charge in [0, 0.05) is 16.9 Å². The molecule has 3 aromatic carbocycles. The molecule has 0 atom stereocenters. The number of para-hydroxylation sites is 1. The summed E-state index contributed by atoms with van der Waals surface area (Å²) in [5.41, 5.74) is 4.40. The maximum absolute atomic E-state index is 4.04. The standard InChI is InChI=1S/C19H17N/c1-14(2)18-9-5-6-10-19(18)20-17-12-11-15-7-3-4-8-16(15)13-17/h3-13,20H,1H2,2H3. The minimum atomic E-state index is 1.06. The Morgan fingerprint density at radius 2 is 1.55 bits per heavy atom. The second-order valence-electron chi connectivity index (χ2n) is 5.01. The molecule has 98 valence electrons. The van der Waals surface area contributed by atoms with E-state index in [4.69, 9.17) is 0 Å². The van der Waals surface area contributed by atoms with Crippen molar-refractivity contribution in [2.45, 2.75) is 6.92 Å². The normalized spacial score (nSPS) is 10.4. The summed E-state index contributed by atoms with van der Waals surface area (Å²) in [6.07, 6.45) is 0. The zero-order valence-corrected chi connectivity index (χ0v) is 11.6. The van der Waals surface area contributed by atoms with Crippen molar-refractivity contribution < 1.29 is 0 Å². The number of nitrogens with one attached hydrogen (secondary N) is 1. The maximum Gasteiger partial charge on any atom is 0.0460 e. The van der Waals surface area contributed by atoms with Crippen molar-refractivity contribution in [3.63, 3.8) is 0 Å². The van der Waals surface area contributed by atoms with Crippen LogP contribution in [0.25, 0.3) is 16.3 Å². The molecular formula is C19H17N. The lowest BCUT2D eigenvalue weighted by Crippen LogP contribution is -1.94. The third kappa shape index (κ3) is 2.43. The first-order chi connectivity index (χ1) is 9.74. The fourth-order valence-corrected chi connectivity index (χ4v) is 2.39. The van der Waals surface area contributed by atoms with Crippen molar-refractivity contribution in [2.24, 2.45) is 0 Å². The van der Waals surface area contributed by atoms with E-state index in [9.17, 15) is 0 Å². The van der Waals surface area contributed by atoms with Gasteiger partial charge < -0.3 is 5.32 Å². The Morgan fingerprint density at radius 3 is 2.35 bits per heavy atom. The summed E-state index contributed by atoms with van der Waals surface area (Å²) in [6, 6.07) is 23.0. The molecule has 0 aliphatic heterocycles. The molecule has 1 nitrogen and oxygen atoms in total. The SMILES string of the molecule is C=C(C)c1ccccc1Nc1ccc2ccccc2c1. The second-order valence-corrected chi connectivity index (χ2v) is 5.01. The molecule has 1 N–H and O–H groups in total. The molecule has 0 saturated heterocycles. The van der Waals surface area contributed by atoms with Crippen LogP contribution in [0.2, 0.25) is 0 Å². The zero-order valence-electron chi connectivity index (χ0n) is 11.6. The van der Waals surface area contributed by atoms with Crippen LogP contribution < -0.4 is 5.32 Å². The van der Waals surface area contributed by atoms with Crippen LogP contribution in [0, 0.1) is 0 Å². The predicted octanol–water partition coefficient (Wildman–Crippen LogP) is 5.62. The molecule has 0 heterocycles. The molecule has 0 bridgehead atoms. The Morgan fingerprint density at radius 1 is 0.850 bits per heavy atom. The van der Waals surface area contributed by atoms with Gasteiger partial charge in [-0.05, 0) is 41.5 Å². The highest BCUT2D eigenvalue weighted by molar-refractivity contribution is 5.87. The van der Waals surface area contributed by atoms with Gasteiger partial charge in [-0.3, -0.25) is 0 Å². The van der Waals surface area contributed by atoms with Crippen molar-refractivity contribution in [3.8, 4) is 0 Å². The molecule has 0 saturated carbocycles. The second kappa shape index (κ2) is 5.22. The van der Waals surface area contributed by atoms with Crippen molar-refractivity contribution in [3.05, 3.63) is 78.9 Å². The summed E-state index contributed by atoms with van der Waals surface area (Å²) >= 11 is 0. The number of hydrogen-bond acceptors (Lipinski definition) is 1. The van der Waals surface area contributed by atoms with E-state index in [0.717, 1.165) is 22.5 Å². The molecule has 0 unspecified atom stereocenters. The van der Waals surface area contributed by atoms with Crippen molar-refractivity contribution >= 4 is 27.7 Å². The number of benzene rings is 3. The monoisotopic (exact) mass is 259 g/mol. The molecule has 20 heavy (non-hydrogen) atoms. The van der Waals surface area contributed by atoms with Crippen molar-refractivity contribution in [2.75, 3.05) is 5.32 Å². The molecule has 0 aliphatic carbocycles. The number of allylic oxidation sites excluding steroid dienone is 1. The minimum absolute atomic E-state index is 1.06. The van der Waals surface area contributed by atoms with E-state index in [1.54, 1.807) is 0 Å². The van der Waals surface area contributed by atoms with Gasteiger partial charge in [-0.2, -0.15) is 0 Å². The first kappa shape index (κ1) is 12.5. The lowest BCUT2D eigenvalue weighted by atomic mass is 10.1. The Balaban J connectivity index is 1.99. The highest BCUT2D eigenvalue weighted by atomic mass is 14.9. The predicted molar refractivity (Wildman–Crippen MR) is 88.4 cm³/mol. The number of fused-ring (bicyclic) bond motifs is 1. The summed E-state index contributed by atoms with van der Waals surface area (Å²) in [7, 11) is 0. The minimum Gasteiger partial charge on any atom is -0.355 e. The highest BCUT2D eigenvalue weighted by Gasteiger charge is 2.03. The summed E-state index contributed by atoms with van der Waals surface area (Å²) in [5, 5.41) is 5.98. The van der Waals surface area contributed by atoms with Crippen LogP contribution in [0.4, 0.5) is 11.4 Å². The van der Waals surface area contributed by atoms with Gasteiger partial charge in [0.15, 0.2) is 0 Å². The number of anilines is 2. The molecule has 0 aliphatic rings. The summed E-state index contributed by atoms with van der Waals surface area (Å²) in [5.74, 6) is 0. The van der Waals surface area contributed by atoms with E-state index in [0.29, 0.717) is 0 Å². The Hall–Kier alpha value is -2.54. The van der Waals surface area contributed by atoms with Crippen LogP contribution in [0.1, 0.15) is 12.5 Å². The van der Waals surface area contributed by atoms with E-state index in [1.165, 1.54) is 10.8 Å². The largest absolute Gasteiger partial charge is 0.355 e. The van der Waals surface area contributed by atoms with E-state index in [1.807, 2.05) is 19.1 Å². The summed E-state index contributed by atoms with van der Waals surface area (Å²) in [6.45, 7) is 6.07. The quantitative estimate of drug-likeness (QED) is 0.644. The van der Waals surface area contributed by atoms with Crippen LogP contribution in [-0.2, 0) is 0 Å². The Kier molecular flexibility index (Phi) is 3.26. The fourth-order valence-electron chi connectivity index (χ4n) is 2.39. The van der Waals surface area contributed by atoms with Gasteiger partial charge in [0.2, 0.25) is 0 Å².